The van der Waals surface area contributed by atoms with E-state index < -0.39 is 0 Å². The summed E-state index contributed by atoms with van der Waals surface area (Å²) in [6, 6.07) is 0.815. The summed E-state index contributed by atoms with van der Waals surface area (Å²) in [5, 5.41) is 3.65. The predicted octanol–water partition coefficient (Wildman–Crippen LogP) is 2.52. The van der Waals surface area contributed by atoms with Crippen LogP contribution in [0.4, 0.5) is 0 Å². The molecule has 1 nitrogen and oxygen atoms in total. The topological polar surface area (TPSA) is 12.0 Å². The van der Waals surface area contributed by atoms with Crippen molar-refractivity contribution in [2.45, 2.75) is 39.2 Å². The fourth-order valence-electron chi connectivity index (χ4n) is 1.81. The van der Waals surface area contributed by atoms with Crippen molar-refractivity contribution >= 4 is 11.8 Å². The molecule has 0 aromatic carbocycles. The molecule has 1 rings (SSSR count). The first-order chi connectivity index (χ1) is 5.88. The Labute approximate surface area is 80.7 Å². The highest BCUT2D eigenvalue weighted by Gasteiger charge is 2.25. The van der Waals surface area contributed by atoms with Crippen molar-refractivity contribution in [1.82, 2.24) is 5.32 Å². The maximum absolute atomic E-state index is 3.65. The third kappa shape index (κ3) is 2.98. The van der Waals surface area contributed by atoms with Gasteiger partial charge in [0.25, 0.3) is 0 Å². The third-order valence-corrected chi connectivity index (χ3v) is 3.77. The van der Waals surface area contributed by atoms with Gasteiger partial charge in [-0.1, -0.05) is 20.3 Å². The lowest BCUT2D eigenvalue weighted by Gasteiger charge is -2.18. The standard InChI is InChI=1S/C10H21NS/c1-3-5-9-7-12-8-10(9)11-6-4-2/h9-11H,3-8H2,1-2H3. The zero-order chi connectivity index (χ0) is 8.81. The largest absolute Gasteiger partial charge is 0.313 e. The van der Waals surface area contributed by atoms with Crippen LogP contribution < -0.4 is 5.32 Å². The summed E-state index contributed by atoms with van der Waals surface area (Å²) < 4.78 is 0. The molecule has 1 N–H and O–H groups in total. The monoisotopic (exact) mass is 187 g/mol. The smallest absolute Gasteiger partial charge is 0.0194 e. The van der Waals surface area contributed by atoms with Crippen LogP contribution in [-0.4, -0.2) is 24.1 Å². The SMILES string of the molecule is CCCNC1CSCC1CCC. The zero-order valence-electron chi connectivity index (χ0n) is 8.31. The number of hydrogen-bond acceptors (Lipinski definition) is 2. The van der Waals surface area contributed by atoms with E-state index in [9.17, 15) is 0 Å². The number of thioether (sulfide) groups is 1. The Bertz CT molecular complexity index is 116. The highest BCUT2D eigenvalue weighted by atomic mass is 32.2. The van der Waals surface area contributed by atoms with Crippen LogP contribution in [0.1, 0.15) is 33.1 Å². The zero-order valence-corrected chi connectivity index (χ0v) is 9.12. The number of nitrogens with one attached hydrogen (secondary N) is 1. The van der Waals surface area contributed by atoms with Gasteiger partial charge in [0, 0.05) is 11.8 Å². The van der Waals surface area contributed by atoms with Crippen LogP contribution in [0.15, 0.2) is 0 Å². The van der Waals surface area contributed by atoms with Gasteiger partial charge in [-0.2, -0.15) is 11.8 Å². The molecule has 0 bridgehead atoms. The average molecular weight is 187 g/mol. The fourth-order valence-corrected chi connectivity index (χ4v) is 3.29. The highest BCUT2D eigenvalue weighted by Crippen LogP contribution is 2.27. The van der Waals surface area contributed by atoms with E-state index in [1.807, 2.05) is 0 Å². The summed E-state index contributed by atoms with van der Waals surface area (Å²) in [4.78, 5) is 0. The van der Waals surface area contributed by atoms with Gasteiger partial charge in [-0.3, -0.25) is 0 Å². The van der Waals surface area contributed by atoms with Crippen LogP contribution in [0.5, 0.6) is 0 Å². The summed E-state index contributed by atoms with van der Waals surface area (Å²) in [5.74, 6) is 3.67. The van der Waals surface area contributed by atoms with Gasteiger partial charge in [-0.15, -0.1) is 0 Å². The Hall–Kier alpha value is 0.310. The van der Waals surface area contributed by atoms with Gasteiger partial charge < -0.3 is 5.32 Å². The van der Waals surface area contributed by atoms with Crippen molar-refractivity contribution in [3.63, 3.8) is 0 Å². The maximum Gasteiger partial charge on any atom is 0.0194 e. The molecule has 0 radical (unpaired) electrons. The Morgan fingerprint density at radius 1 is 1.25 bits per heavy atom. The molecule has 1 aliphatic heterocycles. The Morgan fingerprint density at radius 3 is 2.75 bits per heavy atom. The molecule has 2 unspecified atom stereocenters. The summed E-state index contributed by atoms with van der Waals surface area (Å²) in [6.07, 6.45) is 4.02. The van der Waals surface area contributed by atoms with Crippen molar-refractivity contribution < 1.29 is 0 Å². The Kier molecular flexibility index (Phi) is 5.08. The van der Waals surface area contributed by atoms with Gasteiger partial charge in [0.1, 0.15) is 0 Å². The molecule has 12 heavy (non-hydrogen) atoms. The first-order valence-electron chi connectivity index (χ1n) is 5.19. The summed E-state index contributed by atoms with van der Waals surface area (Å²) >= 11 is 2.12. The second-order valence-electron chi connectivity index (χ2n) is 3.65. The summed E-state index contributed by atoms with van der Waals surface area (Å²) in [6.45, 7) is 5.73. The van der Waals surface area contributed by atoms with Crippen LogP contribution in [0.3, 0.4) is 0 Å². The van der Waals surface area contributed by atoms with E-state index in [1.54, 1.807) is 0 Å². The van der Waals surface area contributed by atoms with Crippen LogP contribution >= 0.6 is 11.8 Å². The van der Waals surface area contributed by atoms with E-state index in [2.05, 4.69) is 30.9 Å². The lowest BCUT2D eigenvalue weighted by molar-refractivity contribution is 0.402. The predicted molar refractivity (Wildman–Crippen MR) is 57.8 cm³/mol. The molecule has 1 aliphatic rings. The quantitative estimate of drug-likeness (QED) is 0.710. The van der Waals surface area contributed by atoms with Gasteiger partial charge in [0.2, 0.25) is 0 Å². The minimum atomic E-state index is 0.815. The van der Waals surface area contributed by atoms with E-state index in [-0.39, 0.29) is 0 Å². The molecule has 0 saturated carbocycles. The molecular formula is C10H21NS. The molecule has 0 amide bonds. The fraction of sp³-hybridized carbons (Fsp3) is 1.00. The average Bonchev–Trinajstić information content (AvgIpc) is 2.50. The second-order valence-corrected chi connectivity index (χ2v) is 4.72. The third-order valence-electron chi connectivity index (χ3n) is 2.51. The van der Waals surface area contributed by atoms with Crippen LogP contribution in [0.25, 0.3) is 0 Å². The van der Waals surface area contributed by atoms with E-state index in [1.165, 1.54) is 37.3 Å². The Balaban J connectivity index is 2.20. The second kappa shape index (κ2) is 5.87. The lowest BCUT2D eigenvalue weighted by atomic mass is 9.98. The Morgan fingerprint density at radius 2 is 2.08 bits per heavy atom. The highest BCUT2D eigenvalue weighted by molar-refractivity contribution is 7.99. The van der Waals surface area contributed by atoms with Crippen molar-refractivity contribution in [1.29, 1.82) is 0 Å². The van der Waals surface area contributed by atoms with Crippen LogP contribution in [-0.2, 0) is 0 Å². The molecule has 2 heteroatoms. The lowest BCUT2D eigenvalue weighted by Crippen LogP contribution is -2.35. The minimum Gasteiger partial charge on any atom is -0.313 e. The first kappa shape index (κ1) is 10.4. The van der Waals surface area contributed by atoms with Crippen molar-refractivity contribution in [3.05, 3.63) is 0 Å². The molecule has 1 fully saturated rings. The molecule has 0 aliphatic carbocycles. The molecular weight excluding hydrogens is 166 g/mol. The van der Waals surface area contributed by atoms with E-state index in [0.717, 1.165) is 12.0 Å². The van der Waals surface area contributed by atoms with E-state index >= 15 is 0 Å². The number of hydrogen-bond donors (Lipinski definition) is 1. The van der Waals surface area contributed by atoms with Gasteiger partial charge >= 0.3 is 0 Å². The van der Waals surface area contributed by atoms with E-state index in [4.69, 9.17) is 0 Å². The van der Waals surface area contributed by atoms with Gasteiger partial charge in [0.05, 0.1) is 0 Å². The normalized spacial score (nSPS) is 29.5. The molecule has 0 aromatic heterocycles. The molecule has 0 aromatic rings. The molecule has 0 spiro atoms. The van der Waals surface area contributed by atoms with E-state index in [0.29, 0.717) is 0 Å². The molecule has 2 atom stereocenters. The van der Waals surface area contributed by atoms with Crippen molar-refractivity contribution in [3.8, 4) is 0 Å². The van der Waals surface area contributed by atoms with Gasteiger partial charge in [-0.05, 0) is 31.1 Å². The molecule has 72 valence electrons. The number of rotatable bonds is 5. The molecule has 1 heterocycles. The summed E-state index contributed by atoms with van der Waals surface area (Å²) in [5.41, 5.74) is 0. The minimum absolute atomic E-state index is 0.815. The van der Waals surface area contributed by atoms with Crippen LogP contribution in [0.2, 0.25) is 0 Å². The van der Waals surface area contributed by atoms with Gasteiger partial charge in [0.15, 0.2) is 0 Å². The van der Waals surface area contributed by atoms with Crippen molar-refractivity contribution in [2.24, 2.45) is 5.92 Å². The molecule has 1 saturated heterocycles. The maximum atomic E-state index is 3.65. The van der Waals surface area contributed by atoms with Crippen LogP contribution in [0, 0.1) is 5.92 Å². The summed E-state index contributed by atoms with van der Waals surface area (Å²) in [7, 11) is 0. The first-order valence-corrected chi connectivity index (χ1v) is 6.35. The van der Waals surface area contributed by atoms with Crippen molar-refractivity contribution in [2.75, 3.05) is 18.1 Å². The van der Waals surface area contributed by atoms with Gasteiger partial charge in [-0.25, -0.2) is 0 Å².